The highest BCUT2D eigenvalue weighted by atomic mass is 35.5. The zero-order valence-corrected chi connectivity index (χ0v) is 14.5. The number of hydrazone groups is 1. The van der Waals surface area contributed by atoms with Gasteiger partial charge in [-0.15, -0.1) is 0 Å². The van der Waals surface area contributed by atoms with Crippen LogP contribution in [0, 0.1) is 0 Å². The first kappa shape index (κ1) is 16.4. The van der Waals surface area contributed by atoms with Gasteiger partial charge in [-0.05, 0) is 25.1 Å². The van der Waals surface area contributed by atoms with E-state index >= 15 is 0 Å². The normalized spacial score (nSPS) is 11.5. The molecule has 2 aromatic carbocycles. The number of para-hydroxylation sites is 1. The van der Waals surface area contributed by atoms with E-state index in [1.165, 1.54) is 11.3 Å². The number of carbonyl (C=O) groups is 1. The SMILES string of the molecule is C/C(=N/NC(=O)CNc1nc2ccccc2s1)c1ccccc1Cl. The Morgan fingerprint density at radius 1 is 1.21 bits per heavy atom. The number of hydrogen-bond donors (Lipinski definition) is 2. The number of thiazole rings is 1. The van der Waals surface area contributed by atoms with Crippen LogP contribution in [0.1, 0.15) is 12.5 Å². The maximum Gasteiger partial charge on any atom is 0.259 e. The van der Waals surface area contributed by atoms with Crippen molar-refractivity contribution in [1.29, 1.82) is 0 Å². The Morgan fingerprint density at radius 2 is 1.96 bits per heavy atom. The molecule has 0 aliphatic carbocycles. The Balaban J connectivity index is 1.57. The molecule has 0 fully saturated rings. The number of anilines is 1. The van der Waals surface area contributed by atoms with Crippen molar-refractivity contribution in [2.45, 2.75) is 6.92 Å². The third-order valence-electron chi connectivity index (χ3n) is 3.31. The van der Waals surface area contributed by atoms with Gasteiger partial charge in [0.25, 0.3) is 5.91 Å². The first-order valence-corrected chi connectivity index (χ1v) is 8.50. The quantitative estimate of drug-likeness (QED) is 0.537. The fourth-order valence-electron chi connectivity index (χ4n) is 2.10. The Kier molecular flexibility index (Phi) is 5.08. The van der Waals surface area contributed by atoms with Crippen molar-refractivity contribution in [2.75, 3.05) is 11.9 Å². The van der Waals surface area contributed by atoms with Crippen LogP contribution in [0.3, 0.4) is 0 Å². The number of halogens is 1. The molecule has 1 aromatic heterocycles. The van der Waals surface area contributed by atoms with Gasteiger partial charge in [-0.2, -0.15) is 5.10 Å². The number of fused-ring (bicyclic) bond motifs is 1. The number of carbonyl (C=O) groups excluding carboxylic acids is 1. The Hall–Kier alpha value is -2.44. The molecule has 0 aliphatic rings. The molecule has 1 heterocycles. The molecule has 0 radical (unpaired) electrons. The topological polar surface area (TPSA) is 66.4 Å². The van der Waals surface area contributed by atoms with Crippen LogP contribution in [0.4, 0.5) is 5.13 Å². The second-order valence-electron chi connectivity index (χ2n) is 5.05. The van der Waals surface area contributed by atoms with Crippen molar-refractivity contribution in [3.8, 4) is 0 Å². The zero-order chi connectivity index (χ0) is 16.9. The molecule has 3 aromatic rings. The summed E-state index contributed by atoms with van der Waals surface area (Å²) >= 11 is 7.61. The molecule has 0 bridgehead atoms. The molecule has 0 saturated heterocycles. The third kappa shape index (κ3) is 3.90. The summed E-state index contributed by atoms with van der Waals surface area (Å²) in [6.45, 7) is 1.89. The number of nitrogens with one attached hydrogen (secondary N) is 2. The summed E-state index contributed by atoms with van der Waals surface area (Å²) in [5, 5.41) is 8.40. The predicted octanol–water partition coefficient (Wildman–Crippen LogP) is 3.90. The van der Waals surface area contributed by atoms with Crippen LogP contribution in [-0.2, 0) is 4.79 Å². The van der Waals surface area contributed by atoms with Crippen LogP contribution >= 0.6 is 22.9 Å². The lowest BCUT2D eigenvalue weighted by molar-refractivity contribution is -0.119. The van der Waals surface area contributed by atoms with Gasteiger partial charge in [0.2, 0.25) is 0 Å². The van der Waals surface area contributed by atoms with Gasteiger partial charge in [0.15, 0.2) is 5.13 Å². The lowest BCUT2D eigenvalue weighted by atomic mass is 10.1. The van der Waals surface area contributed by atoms with E-state index in [-0.39, 0.29) is 12.5 Å². The van der Waals surface area contributed by atoms with Crippen LogP contribution < -0.4 is 10.7 Å². The number of aromatic nitrogens is 1. The van der Waals surface area contributed by atoms with Crippen LogP contribution in [0.2, 0.25) is 5.02 Å². The lowest BCUT2D eigenvalue weighted by Crippen LogP contribution is -2.26. The van der Waals surface area contributed by atoms with Crippen molar-refractivity contribution in [1.82, 2.24) is 10.4 Å². The molecule has 0 aliphatic heterocycles. The second kappa shape index (κ2) is 7.42. The Labute approximate surface area is 148 Å². The summed E-state index contributed by atoms with van der Waals surface area (Å²) < 4.78 is 1.08. The highest BCUT2D eigenvalue weighted by molar-refractivity contribution is 7.22. The fraction of sp³-hybridized carbons (Fsp3) is 0.118. The lowest BCUT2D eigenvalue weighted by Gasteiger charge is -2.05. The summed E-state index contributed by atoms with van der Waals surface area (Å²) in [6.07, 6.45) is 0. The van der Waals surface area contributed by atoms with Crippen molar-refractivity contribution in [2.24, 2.45) is 5.10 Å². The summed E-state index contributed by atoms with van der Waals surface area (Å²) in [7, 11) is 0. The molecule has 7 heteroatoms. The van der Waals surface area contributed by atoms with Crippen molar-refractivity contribution in [3.05, 3.63) is 59.1 Å². The van der Waals surface area contributed by atoms with Gasteiger partial charge in [-0.25, -0.2) is 10.4 Å². The fourth-order valence-corrected chi connectivity index (χ4v) is 3.24. The van der Waals surface area contributed by atoms with Crippen LogP contribution in [-0.4, -0.2) is 23.1 Å². The average molecular weight is 359 g/mol. The van der Waals surface area contributed by atoms with Gasteiger partial charge >= 0.3 is 0 Å². The van der Waals surface area contributed by atoms with Crippen molar-refractivity contribution in [3.63, 3.8) is 0 Å². The third-order valence-corrected chi connectivity index (χ3v) is 4.63. The van der Waals surface area contributed by atoms with E-state index in [0.29, 0.717) is 15.9 Å². The van der Waals surface area contributed by atoms with Crippen molar-refractivity contribution >= 4 is 49.9 Å². The van der Waals surface area contributed by atoms with E-state index in [4.69, 9.17) is 11.6 Å². The number of rotatable bonds is 5. The minimum absolute atomic E-state index is 0.0964. The molecule has 5 nitrogen and oxygen atoms in total. The number of hydrogen-bond acceptors (Lipinski definition) is 5. The molecule has 1 amide bonds. The highest BCUT2D eigenvalue weighted by Gasteiger charge is 2.06. The van der Waals surface area contributed by atoms with Gasteiger partial charge < -0.3 is 5.32 Å². The summed E-state index contributed by atoms with van der Waals surface area (Å²) in [5.41, 5.74) is 4.87. The molecule has 0 atom stereocenters. The molecule has 24 heavy (non-hydrogen) atoms. The molecule has 0 spiro atoms. The minimum Gasteiger partial charge on any atom is -0.352 e. The summed E-state index contributed by atoms with van der Waals surface area (Å²) in [6, 6.07) is 15.2. The standard InChI is InChI=1S/C17H15ClN4OS/c1-11(12-6-2-3-7-13(12)18)21-22-16(23)10-19-17-20-14-8-4-5-9-15(14)24-17/h2-9H,10H2,1H3,(H,19,20)(H,22,23)/b21-11-. The van der Waals surface area contributed by atoms with Gasteiger partial charge in [0.05, 0.1) is 22.5 Å². The number of amides is 1. The van der Waals surface area contributed by atoms with E-state index in [9.17, 15) is 4.79 Å². The van der Waals surface area contributed by atoms with Crippen molar-refractivity contribution < 1.29 is 4.79 Å². The minimum atomic E-state index is -0.249. The molecule has 2 N–H and O–H groups in total. The van der Waals surface area contributed by atoms with Crippen LogP contribution in [0.25, 0.3) is 10.2 Å². The molecule has 0 unspecified atom stereocenters. The zero-order valence-electron chi connectivity index (χ0n) is 12.9. The predicted molar refractivity (Wildman–Crippen MR) is 99.9 cm³/mol. The molecule has 0 saturated carbocycles. The maximum absolute atomic E-state index is 11.9. The van der Waals surface area contributed by atoms with Gasteiger partial charge in [-0.1, -0.05) is 53.3 Å². The molecule has 122 valence electrons. The number of benzene rings is 2. The van der Waals surface area contributed by atoms with Gasteiger partial charge in [-0.3, -0.25) is 4.79 Å². The van der Waals surface area contributed by atoms with Gasteiger partial charge in [0.1, 0.15) is 0 Å². The van der Waals surface area contributed by atoms with E-state index in [1.807, 2.05) is 42.5 Å². The van der Waals surface area contributed by atoms with Crippen LogP contribution in [0.5, 0.6) is 0 Å². The molecular formula is C17H15ClN4OS. The molecular weight excluding hydrogens is 344 g/mol. The first-order valence-electron chi connectivity index (χ1n) is 7.31. The van der Waals surface area contributed by atoms with E-state index in [1.54, 1.807) is 13.0 Å². The maximum atomic E-state index is 11.9. The second-order valence-corrected chi connectivity index (χ2v) is 6.49. The van der Waals surface area contributed by atoms with Crippen LogP contribution in [0.15, 0.2) is 53.6 Å². The largest absolute Gasteiger partial charge is 0.352 e. The monoisotopic (exact) mass is 358 g/mol. The summed E-state index contributed by atoms with van der Waals surface area (Å²) in [4.78, 5) is 16.3. The first-order chi connectivity index (χ1) is 11.6. The van der Waals surface area contributed by atoms with Gasteiger partial charge in [0, 0.05) is 10.6 Å². The Bertz CT molecular complexity index is 873. The van der Waals surface area contributed by atoms with E-state index < -0.39 is 0 Å². The highest BCUT2D eigenvalue weighted by Crippen LogP contribution is 2.24. The summed E-state index contributed by atoms with van der Waals surface area (Å²) in [5.74, 6) is -0.249. The number of nitrogens with zero attached hydrogens (tertiary/aromatic N) is 2. The smallest absolute Gasteiger partial charge is 0.259 e. The Morgan fingerprint density at radius 3 is 2.75 bits per heavy atom. The average Bonchev–Trinajstić information content (AvgIpc) is 3.01. The van der Waals surface area contributed by atoms with E-state index in [0.717, 1.165) is 15.8 Å². The van der Waals surface area contributed by atoms with E-state index in [2.05, 4.69) is 20.8 Å². The molecule has 3 rings (SSSR count).